The molecule has 0 saturated carbocycles. The smallest absolute Gasteiger partial charge is 0.203 e. The van der Waals surface area contributed by atoms with Crippen LogP contribution < -0.4 is 14.2 Å². The Labute approximate surface area is 328 Å². The predicted molar refractivity (Wildman–Crippen MR) is 232 cm³/mol. The van der Waals surface area contributed by atoms with Crippen molar-refractivity contribution in [3.63, 3.8) is 0 Å². The minimum Gasteiger partial charge on any atom is -0.490 e. The third kappa shape index (κ3) is 26.0. The largest absolute Gasteiger partial charge is 0.490 e. The molecule has 2 rings (SSSR count). The maximum absolute atomic E-state index is 6.56. The summed E-state index contributed by atoms with van der Waals surface area (Å²) < 4.78 is 19.6. The maximum atomic E-state index is 6.56. The van der Waals surface area contributed by atoms with E-state index >= 15 is 0 Å². The average Bonchev–Trinajstić information content (AvgIpc) is 3.18. The Morgan fingerprint density at radius 2 is 0.717 bits per heavy atom. The molecular weight excluding hydrogens is 651 g/mol. The molecule has 0 aromatic heterocycles. The van der Waals surface area contributed by atoms with E-state index in [9.17, 15) is 0 Å². The van der Waals surface area contributed by atoms with Gasteiger partial charge in [0.1, 0.15) is 0 Å². The number of ether oxygens (including phenoxy) is 3. The molecule has 0 fully saturated rings. The first-order valence-corrected chi connectivity index (χ1v) is 22.9. The Bertz CT molecular complexity index is 1050. The lowest BCUT2D eigenvalue weighted by atomic mass is 10.1. The predicted octanol–water partition coefficient (Wildman–Crippen LogP) is 16.3. The van der Waals surface area contributed by atoms with Gasteiger partial charge >= 0.3 is 0 Å². The second-order valence-corrected chi connectivity index (χ2v) is 15.5. The van der Waals surface area contributed by atoms with Crippen molar-refractivity contribution >= 4 is 11.9 Å². The molecule has 0 unspecified atom stereocenters. The molecule has 0 aliphatic rings. The van der Waals surface area contributed by atoms with E-state index in [2.05, 4.69) is 32.9 Å². The highest BCUT2D eigenvalue weighted by atomic mass is 16.5. The van der Waals surface area contributed by atoms with Crippen LogP contribution >= 0.6 is 0 Å². The monoisotopic (exact) mass is 734 g/mol. The second-order valence-electron chi connectivity index (χ2n) is 15.5. The first-order chi connectivity index (χ1) is 26.3. The Kier molecular flexibility index (Phi) is 31.0. The maximum Gasteiger partial charge on any atom is 0.203 e. The van der Waals surface area contributed by atoms with Crippen molar-refractivity contribution in [3.8, 4) is 17.2 Å². The van der Waals surface area contributed by atoms with E-state index in [1.54, 1.807) is 0 Å². The van der Waals surface area contributed by atoms with Crippen molar-refractivity contribution in [3.05, 3.63) is 48.0 Å². The van der Waals surface area contributed by atoms with Crippen LogP contribution in [-0.2, 0) is 0 Å². The van der Waals surface area contributed by atoms with Crippen LogP contribution in [0.5, 0.6) is 17.2 Å². The molecule has 0 spiro atoms. The van der Waals surface area contributed by atoms with E-state index in [0.717, 1.165) is 47.8 Å². The topological polar surface area (TPSA) is 40.0 Å². The molecule has 0 aliphatic carbocycles. The van der Waals surface area contributed by atoms with Gasteiger partial charge in [0.05, 0.1) is 25.5 Å². The van der Waals surface area contributed by atoms with Crippen LogP contribution in [0.2, 0.25) is 0 Å². The molecule has 2 aromatic carbocycles. The second kappa shape index (κ2) is 35.2. The fourth-order valence-corrected chi connectivity index (χ4v) is 7.00. The van der Waals surface area contributed by atoms with Crippen LogP contribution in [0.3, 0.4) is 0 Å². The molecule has 302 valence electrons. The van der Waals surface area contributed by atoms with Gasteiger partial charge in [0.25, 0.3) is 0 Å². The SMILES string of the molecule is CCCCCCCCCCCCOc1cc(C=Nc2ccccc2)cc(OCCCCCCCCCCCC)c1OCCCCCCCCCCCC. The van der Waals surface area contributed by atoms with Crippen molar-refractivity contribution in [2.45, 2.75) is 213 Å². The third-order valence-corrected chi connectivity index (χ3v) is 10.4. The molecule has 0 radical (unpaired) electrons. The highest BCUT2D eigenvalue weighted by molar-refractivity contribution is 5.84. The van der Waals surface area contributed by atoms with Crippen molar-refractivity contribution in [1.29, 1.82) is 0 Å². The highest BCUT2D eigenvalue weighted by Crippen LogP contribution is 2.39. The van der Waals surface area contributed by atoms with Crippen molar-refractivity contribution in [2.24, 2.45) is 4.99 Å². The van der Waals surface area contributed by atoms with Crippen LogP contribution in [0.25, 0.3) is 0 Å². The van der Waals surface area contributed by atoms with E-state index in [1.165, 1.54) is 173 Å². The third-order valence-electron chi connectivity index (χ3n) is 10.4. The lowest BCUT2D eigenvalue weighted by molar-refractivity contribution is 0.234. The zero-order valence-electron chi connectivity index (χ0n) is 35.1. The number of nitrogens with zero attached hydrogens (tertiary/aromatic N) is 1. The van der Waals surface area contributed by atoms with Crippen LogP contribution in [0.15, 0.2) is 47.5 Å². The molecule has 0 heterocycles. The summed E-state index contributed by atoms with van der Waals surface area (Å²) in [4.78, 5) is 4.77. The summed E-state index contributed by atoms with van der Waals surface area (Å²) in [6.45, 7) is 8.95. The zero-order valence-corrected chi connectivity index (χ0v) is 35.1. The summed E-state index contributed by atoms with van der Waals surface area (Å²) in [6.07, 6.45) is 41.3. The van der Waals surface area contributed by atoms with Crippen molar-refractivity contribution < 1.29 is 14.2 Å². The van der Waals surface area contributed by atoms with Gasteiger partial charge in [-0.25, -0.2) is 0 Å². The fourth-order valence-electron chi connectivity index (χ4n) is 7.00. The zero-order chi connectivity index (χ0) is 37.7. The van der Waals surface area contributed by atoms with Gasteiger partial charge in [0.15, 0.2) is 11.5 Å². The molecule has 4 heteroatoms. The summed E-state index contributed by atoms with van der Waals surface area (Å²) in [6, 6.07) is 14.3. The Hall–Kier alpha value is -2.49. The number of hydrogen-bond donors (Lipinski definition) is 0. The lowest BCUT2D eigenvalue weighted by Crippen LogP contribution is -2.07. The molecule has 0 amide bonds. The standard InChI is InChI=1S/C49H83NO3/c1-4-7-10-13-16-19-22-25-28-34-39-51-47-42-45(44-50-46-37-32-31-33-38-46)43-48(52-40-35-29-26-23-20-17-14-11-8-5-2)49(47)53-41-36-30-27-24-21-18-15-12-9-6-3/h31-33,37-38,42-44H,4-30,34-36,39-41H2,1-3H3. The average molecular weight is 734 g/mol. The van der Waals surface area contributed by atoms with E-state index in [4.69, 9.17) is 19.2 Å². The van der Waals surface area contributed by atoms with Gasteiger partial charge in [-0.05, 0) is 43.5 Å². The van der Waals surface area contributed by atoms with Crippen LogP contribution in [0, 0.1) is 0 Å². The van der Waals surface area contributed by atoms with E-state index in [1.807, 2.05) is 36.5 Å². The molecule has 2 aromatic rings. The number of unbranched alkanes of at least 4 members (excludes halogenated alkanes) is 27. The normalized spacial score (nSPS) is 11.5. The van der Waals surface area contributed by atoms with Gasteiger partial charge in [-0.15, -0.1) is 0 Å². The summed E-state index contributed by atoms with van der Waals surface area (Å²) >= 11 is 0. The van der Waals surface area contributed by atoms with E-state index in [-0.39, 0.29) is 0 Å². The minimum absolute atomic E-state index is 0.692. The Morgan fingerprint density at radius 1 is 0.396 bits per heavy atom. The first-order valence-electron chi connectivity index (χ1n) is 22.9. The number of para-hydroxylation sites is 1. The van der Waals surface area contributed by atoms with Crippen LogP contribution in [0.1, 0.15) is 219 Å². The van der Waals surface area contributed by atoms with Crippen molar-refractivity contribution in [1.82, 2.24) is 0 Å². The van der Waals surface area contributed by atoms with Gasteiger partial charge in [-0.3, -0.25) is 4.99 Å². The van der Waals surface area contributed by atoms with Gasteiger partial charge in [-0.1, -0.05) is 212 Å². The molecule has 0 aliphatic heterocycles. The summed E-state index contributed by atoms with van der Waals surface area (Å²) in [5.74, 6) is 2.36. The molecule has 0 N–H and O–H groups in total. The number of benzene rings is 2. The highest BCUT2D eigenvalue weighted by Gasteiger charge is 2.16. The summed E-state index contributed by atoms with van der Waals surface area (Å²) in [5, 5.41) is 0. The molecule has 0 atom stereocenters. The van der Waals surface area contributed by atoms with E-state index in [0.29, 0.717) is 19.8 Å². The number of hydrogen-bond acceptors (Lipinski definition) is 4. The Morgan fingerprint density at radius 3 is 1.08 bits per heavy atom. The fraction of sp³-hybridized carbons (Fsp3) is 0.735. The van der Waals surface area contributed by atoms with Gasteiger partial charge in [-0.2, -0.15) is 0 Å². The molecule has 4 nitrogen and oxygen atoms in total. The quantitative estimate of drug-likeness (QED) is 0.0509. The summed E-state index contributed by atoms with van der Waals surface area (Å²) in [7, 11) is 0. The summed E-state index contributed by atoms with van der Waals surface area (Å²) in [5.41, 5.74) is 1.92. The van der Waals surface area contributed by atoms with Gasteiger partial charge in [0, 0.05) is 11.8 Å². The lowest BCUT2D eigenvalue weighted by Gasteiger charge is -2.18. The van der Waals surface area contributed by atoms with Crippen LogP contribution in [0.4, 0.5) is 5.69 Å². The van der Waals surface area contributed by atoms with Crippen molar-refractivity contribution in [2.75, 3.05) is 19.8 Å². The minimum atomic E-state index is 0.692. The first kappa shape index (κ1) is 46.7. The molecule has 0 saturated heterocycles. The van der Waals surface area contributed by atoms with Crippen LogP contribution in [-0.4, -0.2) is 26.0 Å². The van der Waals surface area contributed by atoms with Gasteiger partial charge in [0.2, 0.25) is 5.75 Å². The Balaban J connectivity index is 1.99. The molecule has 0 bridgehead atoms. The molecule has 53 heavy (non-hydrogen) atoms. The number of rotatable bonds is 38. The van der Waals surface area contributed by atoms with E-state index < -0.39 is 0 Å². The molecular formula is C49H83NO3. The number of aliphatic imine (C=N–C) groups is 1. The van der Waals surface area contributed by atoms with Gasteiger partial charge < -0.3 is 14.2 Å².